The molecule has 2 aromatic carbocycles. The lowest BCUT2D eigenvalue weighted by Crippen LogP contribution is -2.40. The number of hydrogen-bond acceptors (Lipinski definition) is 3. The molecule has 0 saturated carbocycles. The summed E-state index contributed by atoms with van der Waals surface area (Å²) >= 11 is 5.79. The Kier molecular flexibility index (Phi) is 6.58. The maximum absolute atomic E-state index is 12.1. The largest absolute Gasteiger partial charge is 0.347 e. The van der Waals surface area contributed by atoms with Gasteiger partial charge in [-0.15, -0.1) is 0 Å². The minimum atomic E-state index is -0.399. The van der Waals surface area contributed by atoms with E-state index >= 15 is 0 Å². The first-order chi connectivity index (χ1) is 12.6. The van der Waals surface area contributed by atoms with Gasteiger partial charge in [0.15, 0.2) is 0 Å². The quantitative estimate of drug-likeness (QED) is 0.736. The molecule has 2 rings (SSSR count). The molecule has 3 amide bonds. The highest BCUT2D eigenvalue weighted by molar-refractivity contribution is 6.30. The maximum Gasteiger partial charge on any atom is 0.251 e. The summed E-state index contributed by atoms with van der Waals surface area (Å²) in [5.41, 5.74) is 1.07. The number of carbonyl (C=O) groups excluding carboxylic acids is 3. The minimum absolute atomic E-state index is 0.173. The summed E-state index contributed by atoms with van der Waals surface area (Å²) in [5.74, 6) is -0.965. The summed E-state index contributed by atoms with van der Waals surface area (Å²) in [5, 5.41) is 8.62. The topological polar surface area (TPSA) is 87.3 Å². The predicted octanol–water partition coefficient (Wildman–Crippen LogP) is 3.24. The van der Waals surface area contributed by atoms with Crippen LogP contribution in [0.1, 0.15) is 41.5 Å². The van der Waals surface area contributed by atoms with Crippen molar-refractivity contribution in [1.82, 2.24) is 10.6 Å². The summed E-state index contributed by atoms with van der Waals surface area (Å²) < 4.78 is 0. The SMILES string of the molecule is CC(C)(C)NC(=O)c1ccc(C(=O)NCC(=O)Nc2ccc(Cl)cc2)cc1. The zero-order valence-electron chi connectivity index (χ0n) is 15.4. The van der Waals surface area contributed by atoms with Crippen LogP contribution in [-0.4, -0.2) is 29.8 Å². The molecule has 2 aromatic rings. The lowest BCUT2D eigenvalue weighted by atomic mass is 10.1. The molecule has 3 N–H and O–H groups in total. The third kappa shape index (κ3) is 6.75. The molecule has 27 heavy (non-hydrogen) atoms. The second-order valence-electron chi connectivity index (χ2n) is 7.02. The van der Waals surface area contributed by atoms with Crippen LogP contribution in [0, 0.1) is 0 Å². The maximum atomic E-state index is 12.1. The number of nitrogens with one attached hydrogen (secondary N) is 3. The Morgan fingerprint density at radius 2 is 1.37 bits per heavy atom. The van der Waals surface area contributed by atoms with Gasteiger partial charge in [0.05, 0.1) is 6.54 Å². The Balaban J connectivity index is 1.87. The third-order valence-corrected chi connectivity index (χ3v) is 3.69. The first kappa shape index (κ1) is 20.5. The lowest BCUT2D eigenvalue weighted by Gasteiger charge is -2.20. The van der Waals surface area contributed by atoms with Crippen molar-refractivity contribution in [3.63, 3.8) is 0 Å². The second-order valence-corrected chi connectivity index (χ2v) is 7.46. The van der Waals surface area contributed by atoms with Crippen molar-refractivity contribution < 1.29 is 14.4 Å². The molecule has 0 fully saturated rings. The Labute approximate surface area is 163 Å². The van der Waals surface area contributed by atoms with Crippen LogP contribution in [0.2, 0.25) is 5.02 Å². The van der Waals surface area contributed by atoms with E-state index in [1.54, 1.807) is 48.5 Å². The molecule has 7 heteroatoms. The Hall–Kier alpha value is -2.86. The fourth-order valence-corrected chi connectivity index (χ4v) is 2.31. The zero-order chi connectivity index (χ0) is 20.0. The summed E-state index contributed by atoms with van der Waals surface area (Å²) in [7, 11) is 0. The Bertz CT molecular complexity index is 825. The molecule has 0 bridgehead atoms. The fraction of sp³-hybridized carbons (Fsp3) is 0.250. The van der Waals surface area contributed by atoms with Crippen molar-refractivity contribution in [3.05, 3.63) is 64.7 Å². The summed E-state index contributed by atoms with van der Waals surface area (Å²) in [6.07, 6.45) is 0. The Morgan fingerprint density at radius 1 is 0.852 bits per heavy atom. The zero-order valence-corrected chi connectivity index (χ0v) is 16.2. The van der Waals surface area contributed by atoms with Crippen LogP contribution < -0.4 is 16.0 Å². The number of halogens is 1. The number of amides is 3. The minimum Gasteiger partial charge on any atom is -0.347 e. The lowest BCUT2D eigenvalue weighted by molar-refractivity contribution is -0.115. The van der Waals surface area contributed by atoms with E-state index in [-0.39, 0.29) is 23.9 Å². The van der Waals surface area contributed by atoms with Crippen LogP contribution in [0.3, 0.4) is 0 Å². The number of anilines is 1. The second kappa shape index (κ2) is 8.68. The molecule has 0 radical (unpaired) electrons. The number of benzene rings is 2. The van der Waals surface area contributed by atoms with Crippen molar-refractivity contribution in [3.8, 4) is 0 Å². The van der Waals surface area contributed by atoms with Gasteiger partial charge < -0.3 is 16.0 Å². The average molecular weight is 388 g/mol. The van der Waals surface area contributed by atoms with Crippen LogP contribution in [0.15, 0.2) is 48.5 Å². The molecule has 0 aliphatic carbocycles. The molecule has 0 aliphatic rings. The third-order valence-electron chi connectivity index (χ3n) is 3.44. The van der Waals surface area contributed by atoms with E-state index in [0.717, 1.165) is 0 Å². The van der Waals surface area contributed by atoms with Gasteiger partial charge in [0, 0.05) is 27.4 Å². The van der Waals surface area contributed by atoms with Gasteiger partial charge in [-0.3, -0.25) is 14.4 Å². The van der Waals surface area contributed by atoms with Gasteiger partial charge in [0.1, 0.15) is 0 Å². The van der Waals surface area contributed by atoms with Crippen LogP contribution in [0.4, 0.5) is 5.69 Å². The van der Waals surface area contributed by atoms with E-state index in [2.05, 4.69) is 16.0 Å². The van der Waals surface area contributed by atoms with Crippen molar-refractivity contribution in [2.75, 3.05) is 11.9 Å². The van der Waals surface area contributed by atoms with Crippen molar-refractivity contribution in [2.45, 2.75) is 26.3 Å². The van der Waals surface area contributed by atoms with E-state index in [0.29, 0.717) is 21.8 Å². The normalized spacial score (nSPS) is 10.8. The van der Waals surface area contributed by atoms with Gasteiger partial charge in [-0.25, -0.2) is 0 Å². The van der Waals surface area contributed by atoms with Gasteiger partial charge in [-0.05, 0) is 69.3 Å². The van der Waals surface area contributed by atoms with E-state index in [1.165, 1.54) is 0 Å². The number of hydrogen-bond donors (Lipinski definition) is 3. The first-order valence-corrected chi connectivity index (χ1v) is 8.78. The number of carbonyl (C=O) groups is 3. The molecule has 0 heterocycles. The van der Waals surface area contributed by atoms with Crippen LogP contribution >= 0.6 is 11.6 Å². The van der Waals surface area contributed by atoms with Crippen molar-refractivity contribution in [2.24, 2.45) is 0 Å². The highest BCUT2D eigenvalue weighted by Gasteiger charge is 2.16. The van der Waals surface area contributed by atoms with Gasteiger partial charge in [-0.1, -0.05) is 11.6 Å². The standard InChI is InChI=1S/C20H22ClN3O3/c1-20(2,3)24-19(27)14-6-4-13(5-7-14)18(26)22-12-17(25)23-16-10-8-15(21)9-11-16/h4-11H,12H2,1-3H3,(H,22,26)(H,23,25)(H,24,27). The molecule has 0 atom stereocenters. The Morgan fingerprint density at radius 3 is 1.89 bits per heavy atom. The van der Waals surface area contributed by atoms with Crippen LogP contribution in [0.25, 0.3) is 0 Å². The van der Waals surface area contributed by atoms with Gasteiger partial charge >= 0.3 is 0 Å². The predicted molar refractivity (Wildman–Crippen MR) is 106 cm³/mol. The first-order valence-electron chi connectivity index (χ1n) is 8.40. The average Bonchev–Trinajstić information content (AvgIpc) is 2.60. The summed E-state index contributed by atoms with van der Waals surface area (Å²) in [6, 6.07) is 12.9. The van der Waals surface area contributed by atoms with E-state index < -0.39 is 5.91 Å². The molecule has 6 nitrogen and oxygen atoms in total. The smallest absolute Gasteiger partial charge is 0.251 e. The van der Waals surface area contributed by atoms with Gasteiger partial charge in [-0.2, -0.15) is 0 Å². The van der Waals surface area contributed by atoms with Gasteiger partial charge in [0.2, 0.25) is 5.91 Å². The van der Waals surface area contributed by atoms with Crippen molar-refractivity contribution >= 4 is 35.0 Å². The highest BCUT2D eigenvalue weighted by atomic mass is 35.5. The summed E-state index contributed by atoms with van der Waals surface area (Å²) in [6.45, 7) is 5.50. The fourth-order valence-electron chi connectivity index (χ4n) is 2.19. The number of rotatable bonds is 5. The molecule has 0 unspecified atom stereocenters. The van der Waals surface area contributed by atoms with E-state index in [4.69, 9.17) is 11.6 Å². The van der Waals surface area contributed by atoms with Crippen molar-refractivity contribution in [1.29, 1.82) is 0 Å². The monoisotopic (exact) mass is 387 g/mol. The summed E-state index contributed by atoms with van der Waals surface area (Å²) in [4.78, 5) is 36.1. The van der Waals surface area contributed by atoms with Crippen LogP contribution in [0.5, 0.6) is 0 Å². The molecule has 0 aliphatic heterocycles. The highest BCUT2D eigenvalue weighted by Crippen LogP contribution is 2.13. The molecular formula is C20H22ClN3O3. The van der Waals surface area contributed by atoms with E-state index in [1.807, 2.05) is 20.8 Å². The van der Waals surface area contributed by atoms with Crippen LogP contribution in [-0.2, 0) is 4.79 Å². The van der Waals surface area contributed by atoms with Gasteiger partial charge in [0.25, 0.3) is 11.8 Å². The molecule has 0 spiro atoms. The molecule has 0 saturated heterocycles. The van der Waals surface area contributed by atoms with E-state index in [9.17, 15) is 14.4 Å². The molecule has 0 aromatic heterocycles. The molecular weight excluding hydrogens is 366 g/mol. The molecule has 142 valence electrons.